The van der Waals surface area contributed by atoms with E-state index in [2.05, 4.69) is 15.9 Å². The van der Waals surface area contributed by atoms with Crippen LogP contribution in [0.3, 0.4) is 0 Å². The summed E-state index contributed by atoms with van der Waals surface area (Å²) in [6.45, 7) is 0. The standard InChI is InChI=1S/C9H12BrNO2/c1-12-7-4-3-6(9(10)11)5-8(7)13-2/h3-5,9H,11H2,1-2H3. The van der Waals surface area contributed by atoms with E-state index >= 15 is 0 Å². The van der Waals surface area contributed by atoms with Gasteiger partial charge in [-0.05, 0) is 17.7 Å². The zero-order valence-corrected chi connectivity index (χ0v) is 9.17. The van der Waals surface area contributed by atoms with Crippen LogP contribution in [0.15, 0.2) is 18.2 Å². The summed E-state index contributed by atoms with van der Waals surface area (Å²) in [4.78, 5) is -0.174. The van der Waals surface area contributed by atoms with Gasteiger partial charge in [0.15, 0.2) is 11.5 Å². The van der Waals surface area contributed by atoms with Gasteiger partial charge < -0.3 is 15.2 Å². The van der Waals surface area contributed by atoms with E-state index in [0.717, 1.165) is 5.56 Å². The van der Waals surface area contributed by atoms with E-state index in [4.69, 9.17) is 15.2 Å². The van der Waals surface area contributed by atoms with Crippen LogP contribution >= 0.6 is 15.9 Å². The molecule has 0 radical (unpaired) electrons. The van der Waals surface area contributed by atoms with Crippen LogP contribution in [0.4, 0.5) is 0 Å². The van der Waals surface area contributed by atoms with Gasteiger partial charge in [0.25, 0.3) is 0 Å². The topological polar surface area (TPSA) is 44.5 Å². The number of alkyl halides is 1. The maximum Gasteiger partial charge on any atom is 0.161 e. The molecule has 0 saturated heterocycles. The van der Waals surface area contributed by atoms with Gasteiger partial charge in [-0.1, -0.05) is 22.0 Å². The molecule has 72 valence electrons. The molecule has 0 spiro atoms. The first-order chi connectivity index (χ1) is 6.19. The molecule has 0 bridgehead atoms. The Morgan fingerprint density at radius 2 is 1.85 bits per heavy atom. The summed E-state index contributed by atoms with van der Waals surface area (Å²) in [7, 11) is 3.20. The quantitative estimate of drug-likeness (QED) is 0.655. The van der Waals surface area contributed by atoms with Crippen LogP contribution in [0.5, 0.6) is 11.5 Å². The van der Waals surface area contributed by atoms with Crippen LogP contribution in [0, 0.1) is 0 Å². The monoisotopic (exact) mass is 245 g/mol. The van der Waals surface area contributed by atoms with E-state index in [1.165, 1.54) is 0 Å². The fourth-order valence-corrected chi connectivity index (χ4v) is 1.31. The van der Waals surface area contributed by atoms with Gasteiger partial charge in [0.2, 0.25) is 0 Å². The van der Waals surface area contributed by atoms with Crippen molar-refractivity contribution in [1.29, 1.82) is 0 Å². The van der Waals surface area contributed by atoms with Crippen molar-refractivity contribution in [3.8, 4) is 11.5 Å². The molecular weight excluding hydrogens is 234 g/mol. The van der Waals surface area contributed by atoms with Crippen LogP contribution in [0.2, 0.25) is 0 Å². The van der Waals surface area contributed by atoms with Gasteiger partial charge in [0.1, 0.15) is 0 Å². The molecule has 0 fully saturated rings. The normalized spacial score (nSPS) is 12.3. The maximum atomic E-state index is 5.65. The third-order valence-corrected chi connectivity index (χ3v) is 2.25. The van der Waals surface area contributed by atoms with E-state index in [9.17, 15) is 0 Å². The second kappa shape index (κ2) is 4.48. The van der Waals surface area contributed by atoms with Crippen LogP contribution < -0.4 is 15.2 Å². The van der Waals surface area contributed by atoms with Crippen molar-refractivity contribution in [2.45, 2.75) is 4.95 Å². The highest BCUT2D eigenvalue weighted by molar-refractivity contribution is 9.09. The van der Waals surface area contributed by atoms with Crippen molar-refractivity contribution in [2.24, 2.45) is 5.73 Å². The van der Waals surface area contributed by atoms with E-state index in [0.29, 0.717) is 11.5 Å². The van der Waals surface area contributed by atoms with Gasteiger partial charge in [-0.2, -0.15) is 0 Å². The molecular formula is C9H12BrNO2. The molecule has 0 heterocycles. The minimum atomic E-state index is -0.174. The third-order valence-electron chi connectivity index (χ3n) is 1.73. The Morgan fingerprint density at radius 3 is 2.31 bits per heavy atom. The number of nitrogens with two attached hydrogens (primary N) is 1. The average molecular weight is 246 g/mol. The zero-order chi connectivity index (χ0) is 9.84. The Morgan fingerprint density at radius 1 is 1.23 bits per heavy atom. The van der Waals surface area contributed by atoms with E-state index < -0.39 is 0 Å². The molecule has 1 rings (SSSR count). The first-order valence-corrected chi connectivity index (χ1v) is 4.72. The summed E-state index contributed by atoms with van der Waals surface area (Å²) in [6.07, 6.45) is 0. The lowest BCUT2D eigenvalue weighted by molar-refractivity contribution is 0.354. The second-order valence-electron chi connectivity index (χ2n) is 2.52. The molecule has 0 aliphatic carbocycles. The summed E-state index contributed by atoms with van der Waals surface area (Å²) in [5, 5.41) is 0. The first kappa shape index (κ1) is 10.3. The average Bonchev–Trinajstić information content (AvgIpc) is 2.16. The molecule has 0 aliphatic heterocycles. The van der Waals surface area contributed by atoms with Gasteiger partial charge in [-0.15, -0.1) is 0 Å². The highest BCUT2D eigenvalue weighted by atomic mass is 79.9. The van der Waals surface area contributed by atoms with Gasteiger partial charge >= 0.3 is 0 Å². The molecule has 0 saturated carbocycles. The number of methoxy groups -OCH3 is 2. The second-order valence-corrected chi connectivity index (χ2v) is 3.50. The Labute approximate surface area is 86.0 Å². The van der Waals surface area contributed by atoms with Crippen molar-refractivity contribution < 1.29 is 9.47 Å². The minimum absolute atomic E-state index is 0.174. The fraction of sp³-hybridized carbons (Fsp3) is 0.333. The summed E-state index contributed by atoms with van der Waals surface area (Å²) >= 11 is 3.27. The summed E-state index contributed by atoms with van der Waals surface area (Å²) in [5.41, 5.74) is 6.61. The fourth-order valence-electron chi connectivity index (χ4n) is 1.02. The molecule has 0 amide bonds. The minimum Gasteiger partial charge on any atom is -0.493 e. The Balaban J connectivity index is 3.05. The zero-order valence-electron chi connectivity index (χ0n) is 7.58. The summed E-state index contributed by atoms with van der Waals surface area (Å²) in [6, 6.07) is 5.56. The Hall–Kier alpha value is -0.740. The Kier molecular flexibility index (Phi) is 3.57. The lowest BCUT2D eigenvalue weighted by atomic mass is 10.2. The molecule has 1 aromatic carbocycles. The summed E-state index contributed by atoms with van der Waals surface area (Å²) in [5.74, 6) is 1.40. The van der Waals surface area contributed by atoms with Gasteiger partial charge in [0.05, 0.1) is 19.2 Å². The molecule has 13 heavy (non-hydrogen) atoms. The van der Waals surface area contributed by atoms with Crippen LogP contribution in [0.1, 0.15) is 10.5 Å². The molecule has 1 aromatic rings. The highest BCUT2D eigenvalue weighted by Gasteiger charge is 2.07. The molecule has 1 atom stereocenters. The summed E-state index contributed by atoms with van der Waals surface area (Å²) < 4.78 is 10.2. The van der Waals surface area contributed by atoms with E-state index in [1.807, 2.05) is 18.2 Å². The predicted molar refractivity (Wildman–Crippen MR) is 55.4 cm³/mol. The maximum absolute atomic E-state index is 5.65. The van der Waals surface area contributed by atoms with Crippen molar-refractivity contribution in [1.82, 2.24) is 0 Å². The van der Waals surface area contributed by atoms with Crippen molar-refractivity contribution in [2.75, 3.05) is 14.2 Å². The number of hydrogen-bond donors (Lipinski definition) is 1. The van der Waals surface area contributed by atoms with Gasteiger partial charge in [0, 0.05) is 0 Å². The lowest BCUT2D eigenvalue weighted by Gasteiger charge is -2.10. The van der Waals surface area contributed by atoms with Crippen LogP contribution in [-0.4, -0.2) is 14.2 Å². The molecule has 0 aromatic heterocycles. The number of hydrogen-bond acceptors (Lipinski definition) is 3. The number of benzene rings is 1. The van der Waals surface area contributed by atoms with Crippen molar-refractivity contribution >= 4 is 15.9 Å². The van der Waals surface area contributed by atoms with Gasteiger partial charge in [-0.25, -0.2) is 0 Å². The number of rotatable bonds is 3. The molecule has 2 N–H and O–H groups in total. The third kappa shape index (κ3) is 2.35. The van der Waals surface area contributed by atoms with E-state index in [1.54, 1.807) is 14.2 Å². The highest BCUT2D eigenvalue weighted by Crippen LogP contribution is 2.30. The Bertz CT molecular complexity index is 289. The lowest BCUT2D eigenvalue weighted by Crippen LogP contribution is -2.02. The molecule has 4 heteroatoms. The van der Waals surface area contributed by atoms with Gasteiger partial charge in [-0.3, -0.25) is 0 Å². The largest absolute Gasteiger partial charge is 0.493 e. The van der Waals surface area contributed by atoms with E-state index in [-0.39, 0.29) is 4.95 Å². The van der Waals surface area contributed by atoms with Crippen molar-refractivity contribution in [3.05, 3.63) is 23.8 Å². The first-order valence-electron chi connectivity index (χ1n) is 3.80. The molecule has 1 unspecified atom stereocenters. The molecule has 3 nitrogen and oxygen atoms in total. The number of halogens is 1. The van der Waals surface area contributed by atoms with Crippen LogP contribution in [0.25, 0.3) is 0 Å². The van der Waals surface area contributed by atoms with Crippen LogP contribution in [-0.2, 0) is 0 Å². The SMILES string of the molecule is COc1ccc(C(N)Br)cc1OC. The van der Waals surface area contributed by atoms with Crippen molar-refractivity contribution in [3.63, 3.8) is 0 Å². The predicted octanol–water partition coefficient (Wildman–Crippen LogP) is 2.06. The smallest absolute Gasteiger partial charge is 0.161 e. The number of ether oxygens (including phenoxy) is 2. The molecule has 0 aliphatic rings.